The zero-order valence-electron chi connectivity index (χ0n) is 7.98. The molecule has 0 aliphatic carbocycles. The molecule has 1 amide bonds. The first-order valence-corrected chi connectivity index (χ1v) is 4.04. The van der Waals surface area contributed by atoms with Crippen LogP contribution in [0, 0.1) is 0 Å². The van der Waals surface area contributed by atoms with Crippen LogP contribution in [0.2, 0.25) is 0 Å². The van der Waals surface area contributed by atoms with E-state index in [1.54, 1.807) is 13.0 Å². The van der Waals surface area contributed by atoms with Crippen molar-refractivity contribution in [1.82, 2.24) is 4.90 Å². The summed E-state index contributed by atoms with van der Waals surface area (Å²) in [7, 11) is 1.27. The Morgan fingerprint density at radius 2 is 2.21 bits per heavy atom. The lowest BCUT2D eigenvalue weighted by Gasteiger charge is -2.21. The molecular weight excluding hydrogens is 186 g/mol. The highest BCUT2D eigenvalue weighted by molar-refractivity contribution is 5.90. The largest absolute Gasteiger partial charge is 0.466 e. The highest BCUT2D eigenvalue weighted by atomic mass is 16.5. The summed E-state index contributed by atoms with van der Waals surface area (Å²) >= 11 is 0. The van der Waals surface area contributed by atoms with E-state index in [1.165, 1.54) is 13.3 Å². The van der Waals surface area contributed by atoms with E-state index in [0.29, 0.717) is 17.7 Å². The standard InChI is InChI=1S/C9H11NO4/c1-6-7(8(11)14-2)4-3-5-10(6)9(12)13/h3,5H,4H2,1-2H3,(H,12,13). The molecule has 5 nitrogen and oxygen atoms in total. The van der Waals surface area contributed by atoms with Gasteiger partial charge in [-0.25, -0.2) is 9.59 Å². The van der Waals surface area contributed by atoms with Gasteiger partial charge >= 0.3 is 12.1 Å². The summed E-state index contributed by atoms with van der Waals surface area (Å²) < 4.78 is 4.54. The smallest absolute Gasteiger partial charge is 0.415 e. The summed E-state index contributed by atoms with van der Waals surface area (Å²) in [5.41, 5.74) is 0.768. The highest BCUT2D eigenvalue weighted by Gasteiger charge is 2.22. The molecule has 0 atom stereocenters. The van der Waals surface area contributed by atoms with E-state index in [4.69, 9.17) is 5.11 Å². The molecule has 0 saturated carbocycles. The Bertz CT molecular complexity index is 330. The second kappa shape index (κ2) is 3.95. The van der Waals surface area contributed by atoms with Crippen molar-refractivity contribution in [3.8, 4) is 0 Å². The molecule has 76 valence electrons. The van der Waals surface area contributed by atoms with Crippen molar-refractivity contribution in [2.75, 3.05) is 7.11 Å². The predicted octanol–water partition coefficient (Wildman–Crippen LogP) is 1.33. The molecule has 0 aromatic carbocycles. The van der Waals surface area contributed by atoms with Gasteiger partial charge in [0, 0.05) is 18.3 Å². The quantitative estimate of drug-likeness (QED) is 0.644. The van der Waals surface area contributed by atoms with Gasteiger partial charge < -0.3 is 9.84 Å². The van der Waals surface area contributed by atoms with Crippen LogP contribution in [0.3, 0.4) is 0 Å². The Morgan fingerprint density at radius 3 is 2.71 bits per heavy atom. The van der Waals surface area contributed by atoms with Crippen molar-refractivity contribution < 1.29 is 19.4 Å². The van der Waals surface area contributed by atoms with Crippen LogP contribution in [0.15, 0.2) is 23.5 Å². The van der Waals surface area contributed by atoms with E-state index in [1.807, 2.05) is 0 Å². The average molecular weight is 197 g/mol. The van der Waals surface area contributed by atoms with Crippen molar-refractivity contribution in [2.24, 2.45) is 0 Å². The number of amides is 1. The van der Waals surface area contributed by atoms with Crippen molar-refractivity contribution in [2.45, 2.75) is 13.3 Å². The van der Waals surface area contributed by atoms with Gasteiger partial charge in [-0.05, 0) is 6.92 Å². The van der Waals surface area contributed by atoms with Crippen molar-refractivity contribution in [3.05, 3.63) is 23.5 Å². The monoisotopic (exact) mass is 197 g/mol. The van der Waals surface area contributed by atoms with Crippen molar-refractivity contribution in [3.63, 3.8) is 0 Å². The molecule has 1 aliphatic heterocycles. The normalized spacial score (nSPS) is 15.7. The van der Waals surface area contributed by atoms with Gasteiger partial charge in [0.05, 0.1) is 12.7 Å². The average Bonchev–Trinajstić information content (AvgIpc) is 2.16. The Hall–Kier alpha value is -1.78. The van der Waals surface area contributed by atoms with Crippen LogP contribution in [0.4, 0.5) is 4.79 Å². The van der Waals surface area contributed by atoms with Gasteiger partial charge in [0.1, 0.15) is 0 Å². The number of methoxy groups -OCH3 is 1. The first-order valence-electron chi connectivity index (χ1n) is 4.04. The highest BCUT2D eigenvalue weighted by Crippen LogP contribution is 2.20. The van der Waals surface area contributed by atoms with Crippen LogP contribution < -0.4 is 0 Å². The number of esters is 1. The molecule has 1 heterocycles. The molecular formula is C9H11NO4. The molecule has 1 N–H and O–H groups in total. The Kier molecular flexibility index (Phi) is 2.91. The lowest BCUT2D eigenvalue weighted by atomic mass is 10.1. The molecule has 0 spiro atoms. The zero-order valence-corrected chi connectivity index (χ0v) is 7.98. The van der Waals surface area contributed by atoms with Crippen LogP contribution in [0.5, 0.6) is 0 Å². The van der Waals surface area contributed by atoms with Crippen molar-refractivity contribution >= 4 is 12.1 Å². The van der Waals surface area contributed by atoms with Crippen LogP contribution in [-0.2, 0) is 9.53 Å². The van der Waals surface area contributed by atoms with Gasteiger partial charge in [-0.3, -0.25) is 4.90 Å². The van der Waals surface area contributed by atoms with Crippen LogP contribution >= 0.6 is 0 Å². The number of nitrogens with zero attached hydrogens (tertiary/aromatic N) is 1. The van der Waals surface area contributed by atoms with Gasteiger partial charge in [-0.15, -0.1) is 0 Å². The maximum absolute atomic E-state index is 11.2. The maximum atomic E-state index is 11.2. The SMILES string of the molecule is COC(=O)C1=C(C)N(C(=O)O)C=CC1. The number of rotatable bonds is 1. The van der Waals surface area contributed by atoms with Crippen molar-refractivity contribution in [1.29, 1.82) is 0 Å². The number of carbonyl (C=O) groups is 2. The number of hydrogen-bond donors (Lipinski definition) is 1. The number of carboxylic acid groups (broad SMARTS) is 1. The molecule has 5 heteroatoms. The molecule has 0 radical (unpaired) electrons. The van der Waals surface area contributed by atoms with Gasteiger partial charge in [-0.1, -0.05) is 6.08 Å². The summed E-state index contributed by atoms with van der Waals surface area (Å²) in [6.45, 7) is 1.57. The van der Waals surface area contributed by atoms with E-state index in [-0.39, 0.29) is 0 Å². The minimum Gasteiger partial charge on any atom is -0.466 e. The number of ether oxygens (including phenoxy) is 1. The Morgan fingerprint density at radius 1 is 1.57 bits per heavy atom. The van der Waals surface area contributed by atoms with E-state index >= 15 is 0 Å². The summed E-state index contributed by atoms with van der Waals surface area (Å²) in [6.07, 6.45) is 2.32. The topological polar surface area (TPSA) is 66.8 Å². The molecule has 1 rings (SSSR count). The van der Waals surface area contributed by atoms with E-state index in [9.17, 15) is 9.59 Å². The molecule has 0 aromatic rings. The third-order valence-electron chi connectivity index (χ3n) is 2.01. The van der Waals surface area contributed by atoms with Gasteiger partial charge in [0.15, 0.2) is 0 Å². The fraction of sp³-hybridized carbons (Fsp3) is 0.333. The summed E-state index contributed by atoms with van der Waals surface area (Å²) in [5.74, 6) is -0.488. The van der Waals surface area contributed by atoms with Crippen LogP contribution in [0.1, 0.15) is 13.3 Å². The number of allylic oxidation sites excluding steroid dienone is 2. The fourth-order valence-electron chi connectivity index (χ4n) is 1.24. The molecule has 0 fully saturated rings. The molecule has 0 aromatic heterocycles. The van der Waals surface area contributed by atoms with Crippen LogP contribution in [-0.4, -0.2) is 29.2 Å². The minimum atomic E-state index is -1.11. The molecule has 0 saturated heterocycles. The summed E-state index contributed by atoms with van der Waals surface area (Å²) in [6, 6.07) is 0. The third-order valence-corrected chi connectivity index (χ3v) is 2.01. The van der Waals surface area contributed by atoms with E-state index in [0.717, 1.165) is 4.90 Å². The van der Waals surface area contributed by atoms with Crippen LogP contribution in [0.25, 0.3) is 0 Å². The van der Waals surface area contributed by atoms with E-state index in [2.05, 4.69) is 4.74 Å². The fourth-order valence-corrected chi connectivity index (χ4v) is 1.24. The lowest BCUT2D eigenvalue weighted by molar-refractivity contribution is -0.136. The zero-order chi connectivity index (χ0) is 10.7. The summed E-state index contributed by atoms with van der Waals surface area (Å²) in [5, 5.41) is 8.77. The maximum Gasteiger partial charge on any atom is 0.415 e. The summed E-state index contributed by atoms with van der Waals surface area (Å²) in [4.78, 5) is 22.9. The lowest BCUT2D eigenvalue weighted by Crippen LogP contribution is -2.26. The predicted molar refractivity (Wildman–Crippen MR) is 48.3 cm³/mol. The number of hydrogen-bond acceptors (Lipinski definition) is 3. The van der Waals surface area contributed by atoms with Gasteiger partial charge in [0.25, 0.3) is 0 Å². The van der Waals surface area contributed by atoms with Gasteiger partial charge in [0.2, 0.25) is 0 Å². The third kappa shape index (κ3) is 1.76. The second-order valence-corrected chi connectivity index (χ2v) is 2.80. The Balaban J connectivity index is 3.00. The molecule has 0 unspecified atom stereocenters. The van der Waals surface area contributed by atoms with Gasteiger partial charge in [-0.2, -0.15) is 0 Å². The van der Waals surface area contributed by atoms with E-state index < -0.39 is 12.1 Å². The first kappa shape index (κ1) is 10.3. The Labute approximate surface area is 81.3 Å². The molecule has 14 heavy (non-hydrogen) atoms. The number of carbonyl (C=O) groups excluding carboxylic acids is 1. The first-order chi connectivity index (χ1) is 6.57. The minimum absolute atomic E-state index is 0.373. The second-order valence-electron chi connectivity index (χ2n) is 2.80. The molecule has 1 aliphatic rings. The molecule has 0 bridgehead atoms.